The number of hydrogen-bond donors (Lipinski definition) is 1. The van der Waals surface area contributed by atoms with Gasteiger partial charge in [0.2, 0.25) is 0 Å². The van der Waals surface area contributed by atoms with Gasteiger partial charge in [0.05, 0.1) is 24.9 Å². The highest BCUT2D eigenvalue weighted by molar-refractivity contribution is 6.33. The highest BCUT2D eigenvalue weighted by Gasteiger charge is 2.13. The largest absolute Gasteiger partial charge is 0.493 e. The van der Waals surface area contributed by atoms with E-state index in [1.807, 2.05) is 0 Å². The monoisotopic (exact) mass is 291 g/mol. The molecule has 0 unspecified atom stereocenters. The Labute approximate surface area is 122 Å². The summed E-state index contributed by atoms with van der Waals surface area (Å²) in [5, 5.41) is 0.425. The first-order valence-corrected chi connectivity index (χ1v) is 6.26. The molecule has 4 nitrogen and oxygen atoms in total. The van der Waals surface area contributed by atoms with Crippen LogP contribution in [0.3, 0.4) is 0 Å². The lowest BCUT2D eigenvalue weighted by atomic mass is 10.0. The number of ketones is 1. The summed E-state index contributed by atoms with van der Waals surface area (Å²) in [5.74, 6) is 0.911. The van der Waals surface area contributed by atoms with Crippen molar-refractivity contribution in [1.29, 1.82) is 0 Å². The number of carbonyl (C=O) groups excluding carboxylic acids is 1. The van der Waals surface area contributed by atoms with E-state index in [4.69, 9.17) is 26.8 Å². The minimum Gasteiger partial charge on any atom is -0.493 e. The first kappa shape index (κ1) is 14.2. The van der Waals surface area contributed by atoms with Gasteiger partial charge in [-0.2, -0.15) is 0 Å². The van der Waals surface area contributed by atoms with Crippen LogP contribution in [0.4, 0.5) is 5.69 Å². The summed E-state index contributed by atoms with van der Waals surface area (Å²) in [6, 6.07) is 9.79. The molecular formula is C15H14ClNO3. The van der Waals surface area contributed by atoms with Crippen LogP contribution in [0.5, 0.6) is 11.5 Å². The standard InChI is InChI=1S/C15H14ClNO3/c1-19-13-6-4-10(8-14(13)20-2)15(18)9-3-5-11(16)12(17)7-9/h3-8H,17H2,1-2H3. The third-order valence-electron chi connectivity index (χ3n) is 2.90. The van der Waals surface area contributed by atoms with Crippen molar-refractivity contribution in [2.24, 2.45) is 0 Å². The summed E-state index contributed by atoms with van der Waals surface area (Å²) in [6.07, 6.45) is 0. The number of ether oxygens (including phenoxy) is 2. The molecule has 0 fully saturated rings. The first-order valence-electron chi connectivity index (χ1n) is 5.88. The molecule has 0 atom stereocenters. The summed E-state index contributed by atoms with van der Waals surface area (Å²) in [5.41, 5.74) is 7.04. The lowest BCUT2D eigenvalue weighted by molar-refractivity contribution is 0.103. The number of methoxy groups -OCH3 is 2. The topological polar surface area (TPSA) is 61.5 Å². The molecule has 0 saturated carbocycles. The highest BCUT2D eigenvalue weighted by atomic mass is 35.5. The maximum absolute atomic E-state index is 12.4. The second-order valence-electron chi connectivity index (χ2n) is 4.14. The number of nitrogen functional groups attached to an aromatic ring is 1. The van der Waals surface area contributed by atoms with Crippen molar-refractivity contribution in [1.82, 2.24) is 0 Å². The molecule has 2 aromatic rings. The SMILES string of the molecule is COc1ccc(C(=O)c2ccc(Cl)c(N)c2)cc1OC. The van der Waals surface area contributed by atoms with Crippen molar-refractivity contribution in [3.8, 4) is 11.5 Å². The maximum Gasteiger partial charge on any atom is 0.193 e. The van der Waals surface area contributed by atoms with Gasteiger partial charge in [-0.25, -0.2) is 0 Å². The van der Waals surface area contributed by atoms with Crippen molar-refractivity contribution in [2.75, 3.05) is 20.0 Å². The van der Waals surface area contributed by atoms with Crippen molar-refractivity contribution in [2.45, 2.75) is 0 Å². The zero-order valence-corrected chi connectivity index (χ0v) is 11.9. The van der Waals surface area contributed by atoms with Crippen LogP contribution in [0.1, 0.15) is 15.9 Å². The summed E-state index contributed by atoms with van der Waals surface area (Å²) in [4.78, 5) is 12.4. The average Bonchev–Trinajstić information content (AvgIpc) is 2.48. The van der Waals surface area contributed by atoms with Gasteiger partial charge in [-0.15, -0.1) is 0 Å². The molecule has 0 radical (unpaired) electrons. The second kappa shape index (κ2) is 5.84. The van der Waals surface area contributed by atoms with Crippen molar-refractivity contribution in [3.63, 3.8) is 0 Å². The van der Waals surface area contributed by atoms with Gasteiger partial charge in [0.25, 0.3) is 0 Å². The first-order chi connectivity index (χ1) is 9.56. The Morgan fingerprint density at radius 1 is 1.00 bits per heavy atom. The zero-order chi connectivity index (χ0) is 14.7. The Balaban J connectivity index is 2.40. The Kier molecular flexibility index (Phi) is 4.15. The predicted octanol–water partition coefficient (Wildman–Crippen LogP) is 3.17. The predicted molar refractivity (Wildman–Crippen MR) is 78.8 cm³/mol. The van der Waals surface area contributed by atoms with Gasteiger partial charge in [-0.05, 0) is 36.4 Å². The third kappa shape index (κ3) is 2.70. The van der Waals surface area contributed by atoms with Crippen LogP contribution in [0.25, 0.3) is 0 Å². The number of nitrogens with two attached hydrogens (primary N) is 1. The van der Waals surface area contributed by atoms with Crippen LogP contribution in [0.2, 0.25) is 5.02 Å². The quantitative estimate of drug-likeness (QED) is 0.694. The van der Waals surface area contributed by atoms with Crippen LogP contribution in [0, 0.1) is 0 Å². The Morgan fingerprint density at radius 2 is 1.60 bits per heavy atom. The molecule has 0 aliphatic rings. The smallest absolute Gasteiger partial charge is 0.193 e. The minimum absolute atomic E-state index is 0.158. The number of benzene rings is 2. The van der Waals surface area contributed by atoms with Gasteiger partial charge in [-0.1, -0.05) is 11.6 Å². The molecule has 5 heteroatoms. The van der Waals surface area contributed by atoms with Crippen LogP contribution >= 0.6 is 11.6 Å². The summed E-state index contributed by atoms with van der Waals surface area (Å²) in [6.45, 7) is 0. The van der Waals surface area contributed by atoms with Gasteiger partial charge in [0, 0.05) is 11.1 Å². The number of halogens is 1. The fourth-order valence-corrected chi connectivity index (χ4v) is 1.95. The summed E-state index contributed by atoms with van der Waals surface area (Å²) >= 11 is 5.85. The normalized spacial score (nSPS) is 10.2. The lowest BCUT2D eigenvalue weighted by Crippen LogP contribution is -2.03. The molecular weight excluding hydrogens is 278 g/mol. The number of hydrogen-bond acceptors (Lipinski definition) is 4. The fraction of sp³-hybridized carbons (Fsp3) is 0.133. The number of anilines is 1. The maximum atomic E-state index is 12.4. The van der Waals surface area contributed by atoms with Crippen molar-refractivity contribution < 1.29 is 14.3 Å². The molecule has 0 saturated heterocycles. The average molecular weight is 292 g/mol. The van der Waals surface area contributed by atoms with Crippen LogP contribution in [0.15, 0.2) is 36.4 Å². The van der Waals surface area contributed by atoms with Crippen molar-refractivity contribution >= 4 is 23.1 Å². The Morgan fingerprint density at radius 3 is 2.20 bits per heavy atom. The highest BCUT2D eigenvalue weighted by Crippen LogP contribution is 2.29. The Hall–Kier alpha value is -2.20. The van der Waals surface area contributed by atoms with Crippen LogP contribution in [-0.4, -0.2) is 20.0 Å². The van der Waals surface area contributed by atoms with E-state index >= 15 is 0 Å². The molecule has 104 valence electrons. The number of rotatable bonds is 4. The van der Waals surface area contributed by atoms with E-state index in [1.165, 1.54) is 7.11 Å². The van der Waals surface area contributed by atoms with E-state index in [9.17, 15) is 4.79 Å². The van der Waals surface area contributed by atoms with E-state index in [0.717, 1.165) is 0 Å². The van der Waals surface area contributed by atoms with Crippen molar-refractivity contribution in [3.05, 3.63) is 52.5 Å². The summed E-state index contributed by atoms with van der Waals surface area (Å²) in [7, 11) is 3.06. The molecule has 2 aromatic carbocycles. The summed E-state index contributed by atoms with van der Waals surface area (Å²) < 4.78 is 10.3. The minimum atomic E-state index is -0.158. The number of carbonyl (C=O) groups is 1. The van der Waals surface area contributed by atoms with Crippen LogP contribution < -0.4 is 15.2 Å². The molecule has 0 bridgehead atoms. The van der Waals surface area contributed by atoms with Gasteiger partial charge in [0.1, 0.15) is 0 Å². The fourth-order valence-electron chi connectivity index (χ4n) is 1.83. The molecule has 0 spiro atoms. The lowest BCUT2D eigenvalue weighted by Gasteiger charge is -2.09. The van der Waals surface area contributed by atoms with E-state index in [2.05, 4.69) is 0 Å². The van der Waals surface area contributed by atoms with Gasteiger partial charge in [0.15, 0.2) is 17.3 Å². The molecule has 2 N–H and O–H groups in total. The van der Waals surface area contributed by atoms with Gasteiger partial charge < -0.3 is 15.2 Å². The second-order valence-corrected chi connectivity index (χ2v) is 4.54. The molecule has 2 rings (SSSR count). The van der Waals surface area contributed by atoms with E-state index in [1.54, 1.807) is 43.5 Å². The van der Waals surface area contributed by atoms with E-state index in [0.29, 0.717) is 33.3 Å². The molecule has 0 aliphatic heterocycles. The molecule has 0 amide bonds. The van der Waals surface area contributed by atoms with E-state index < -0.39 is 0 Å². The van der Waals surface area contributed by atoms with Crippen LogP contribution in [-0.2, 0) is 0 Å². The molecule has 0 aromatic heterocycles. The third-order valence-corrected chi connectivity index (χ3v) is 3.25. The van der Waals surface area contributed by atoms with Gasteiger partial charge in [-0.3, -0.25) is 4.79 Å². The zero-order valence-electron chi connectivity index (χ0n) is 11.1. The van der Waals surface area contributed by atoms with Gasteiger partial charge >= 0.3 is 0 Å². The van der Waals surface area contributed by atoms with E-state index in [-0.39, 0.29) is 5.78 Å². The molecule has 0 heterocycles. The molecule has 20 heavy (non-hydrogen) atoms. The molecule has 0 aliphatic carbocycles. The Bertz CT molecular complexity index is 656.